The van der Waals surface area contributed by atoms with Crippen LogP contribution in [0.1, 0.15) is 23.2 Å². The van der Waals surface area contributed by atoms with Crippen molar-refractivity contribution in [3.63, 3.8) is 0 Å². The van der Waals surface area contributed by atoms with Crippen LogP contribution < -0.4 is 15.4 Å². The first kappa shape index (κ1) is 18.8. The molecular formula is C21H25N3O3. The van der Waals surface area contributed by atoms with E-state index in [0.29, 0.717) is 18.7 Å². The van der Waals surface area contributed by atoms with Crippen LogP contribution in [0.15, 0.2) is 54.6 Å². The van der Waals surface area contributed by atoms with E-state index in [1.807, 2.05) is 47.4 Å². The summed E-state index contributed by atoms with van der Waals surface area (Å²) in [5.41, 5.74) is 1.49. The number of carbonyl (C=O) groups is 2. The lowest BCUT2D eigenvalue weighted by Crippen LogP contribution is -2.33. The zero-order chi connectivity index (χ0) is 18.9. The van der Waals surface area contributed by atoms with E-state index < -0.39 is 0 Å². The summed E-state index contributed by atoms with van der Waals surface area (Å²) in [7, 11) is 0. The van der Waals surface area contributed by atoms with Crippen molar-refractivity contribution >= 4 is 17.5 Å². The molecule has 1 fully saturated rings. The Kier molecular flexibility index (Phi) is 6.68. The van der Waals surface area contributed by atoms with Gasteiger partial charge in [-0.3, -0.25) is 9.59 Å². The Bertz CT molecular complexity index is 741. The number of likely N-dealkylation sites (tertiary alicyclic amines) is 1. The van der Waals surface area contributed by atoms with Crippen molar-refractivity contribution in [2.24, 2.45) is 0 Å². The van der Waals surface area contributed by atoms with E-state index in [2.05, 4.69) is 10.6 Å². The molecule has 0 atom stereocenters. The molecule has 142 valence electrons. The first-order valence-corrected chi connectivity index (χ1v) is 9.30. The number of hydrogen-bond acceptors (Lipinski definition) is 4. The summed E-state index contributed by atoms with van der Waals surface area (Å²) in [6.07, 6.45) is 2.16. The van der Waals surface area contributed by atoms with Gasteiger partial charge in [-0.2, -0.15) is 0 Å². The smallest absolute Gasteiger partial charge is 0.253 e. The van der Waals surface area contributed by atoms with E-state index in [1.54, 1.807) is 12.1 Å². The van der Waals surface area contributed by atoms with Crippen LogP contribution in [0.4, 0.5) is 5.69 Å². The van der Waals surface area contributed by atoms with Crippen molar-refractivity contribution in [1.29, 1.82) is 0 Å². The van der Waals surface area contributed by atoms with Gasteiger partial charge in [0.25, 0.3) is 5.91 Å². The van der Waals surface area contributed by atoms with E-state index >= 15 is 0 Å². The van der Waals surface area contributed by atoms with Crippen molar-refractivity contribution in [1.82, 2.24) is 10.2 Å². The van der Waals surface area contributed by atoms with Crippen LogP contribution in [-0.2, 0) is 4.79 Å². The number of amides is 2. The highest BCUT2D eigenvalue weighted by atomic mass is 16.5. The normalized spacial score (nSPS) is 13.3. The van der Waals surface area contributed by atoms with Gasteiger partial charge in [0.05, 0.1) is 13.1 Å². The monoisotopic (exact) mass is 367 g/mol. The van der Waals surface area contributed by atoms with Crippen LogP contribution in [0.25, 0.3) is 0 Å². The molecule has 0 aromatic heterocycles. The molecule has 3 rings (SSSR count). The van der Waals surface area contributed by atoms with Gasteiger partial charge in [-0.1, -0.05) is 18.2 Å². The Hall–Kier alpha value is -3.02. The summed E-state index contributed by atoms with van der Waals surface area (Å²) in [4.78, 5) is 26.1. The van der Waals surface area contributed by atoms with Gasteiger partial charge in [0.2, 0.25) is 5.91 Å². The van der Waals surface area contributed by atoms with Gasteiger partial charge >= 0.3 is 0 Å². The molecular weight excluding hydrogens is 342 g/mol. The Morgan fingerprint density at radius 3 is 2.37 bits per heavy atom. The Morgan fingerprint density at radius 1 is 0.963 bits per heavy atom. The van der Waals surface area contributed by atoms with E-state index in [0.717, 1.165) is 37.4 Å². The molecule has 6 nitrogen and oxygen atoms in total. The van der Waals surface area contributed by atoms with Gasteiger partial charge in [-0.15, -0.1) is 0 Å². The minimum Gasteiger partial charge on any atom is -0.492 e. The summed E-state index contributed by atoms with van der Waals surface area (Å²) < 4.78 is 5.53. The summed E-state index contributed by atoms with van der Waals surface area (Å²) in [5.74, 6) is 0.757. The minimum absolute atomic E-state index is 0.0789. The van der Waals surface area contributed by atoms with Crippen molar-refractivity contribution in [3.05, 3.63) is 60.2 Å². The van der Waals surface area contributed by atoms with Gasteiger partial charge in [-0.05, 0) is 49.2 Å². The second-order valence-corrected chi connectivity index (χ2v) is 6.44. The Labute approximate surface area is 159 Å². The zero-order valence-corrected chi connectivity index (χ0v) is 15.3. The van der Waals surface area contributed by atoms with Crippen molar-refractivity contribution in [2.45, 2.75) is 12.8 Å². The molecule has 0 spiro atoms. The van der Waals surface area contributed by atoms with Crippen LogP contribution in [0.5, 0.6) is 5.75 Å². The lowest BCUT2D eigenvalue weighted by atomic mass is 10.2. The molecule has 0 saturated carbocycles. The van der Waals surface area contributed by atoms with Gasteiger partial charge in [0.15, 0.2) is 0 Å². The molecule has 2 aromatic rings. The highest BCUT2D eigenvalue weighted by Crippen LogP contribution is 2.15. The predicted molar refractivity (Wildman–Crippen MR) is 105 cm³/mol. The molecule has 2 N–H and O–H groups in total. The topological polar surface area (TPSA) is 70.7 Å². The predicted octanol–water partition coefficient (Wildman–Crippen LogP) is 2.53. The molecule has 1 aliphatic rings. The van der Waals surface area contributed by atoms with Crippen LogP contribution in [0, 0.1) is 0 Å². The summed E-state index contributed by atoms with van der Waals surface area (Å²) in [5, 5.41) is 5.86. The number of nitrogens with one attached hydrogen (secondary N) is 2. The molecule has 0 bridgehead atoms. The van der Waals surface area contributed by atoms with E-state index in [4.69, 9.17) is 4.74 Å². The number of rotatable bonds is 8. The second kappa shape index (κ2) is 9.62. The van der Waals surface area contributed by atoms with Gasteiger partial charge in [0, 0.05) is 24.3 Å². The molecule has 27 heavy (non-hydrogen) atoms. The molecule has 2 amide bonds. The number of hydrogen-bond donors (Lipinski definition) is 2. The summed E-state index contributed by atoms with van der Waals surface area (Å²) in [6, 6.07) is 16.7. The molecule has 1 saturated heterocycles. The lowest BCUT2D eigenvalue weighted by molar-refractivity contribution is -0.119. The minimum atomic E-state index is -0.108. The van der Waals surface area contributed by atoms with Gasteiger partial charge < -0.3 is 20.3 Å². The quantitative estimate of drug-likeness (QED) is 0.704. The number of ether oxygens (including phenoxy) is 1. The first-order valence-electron chi connectivity index (χ1n) is 9.30. The van der Waals surface area contributed by atoms with Crippen LogP contribution in [0.3, 0.4) is 0 Å². The second-order valence-electron chi connectivity index (χ2n) is 6.44. The van der Waals surface area contributed by atoms with E-state index in [-0.39, 0.29) is 18.4 Å². The first-order chi connectivity index (χ1) is 13.2. The molecule has 2 aromatic carbocycles. The average molecular weight is 367 g/mol. The standard InChI is InChI=1S/C21H25N3O3/c25-20(22-12-15-27-19-6-2-1-3-7-19)16-23-18-10-8-17(9-11-18)21(26)24-13-4-5-14-24/h1-3,6-11,23H,4-5,12-16H2,(H,22,25). The molecule has 1 heterocycles. The fourth-order valence-electron chi connectivity index (χ4n) is 2.95. The molecule has 0 aliphatic carbocycles. The number of para-hydroxylation sites is 1. The fourth-order valence-corrected chi connectivity index (χ4v) is 2.95. The number of benzene rings is 2. The van der Waals surface area contributed by atoms with Crippen LogP contribution >= 0.6 is 0 Å². The third-order valence-electron chi connectivity index (χ3n) is 4.41. The van der Waals surface area contributed by atoms with Gasteiger partial charge in [0.1, 0.15) is 12.4 Å². The maximum absolute atomic E-state index is 12.3. The number of carbonyl (C=O) groups excluding carboxylic acids is 2. The summed E-state index contributed by atoms with van der Waals surface area (Å²) in [6.45, 7) is 2.71. The number of anilines is 1. The fraction of sp³-hybridized carbons (Fsp3) is 0.333. The number of nitrogens with zero attached hydrogens (tertiary/aromatic N) is 1. The maximum atomic E-state index is 12.3. The SMILES string of the molecule is O=C(CNc1ccc(C(=O)N2CCCC2)cc1)NCCOc1ccccc1. The largest absolute Gasteiger partial charge is 0.492 e. The maximum Gasteiger partial charge on any atom is 0.253 e. The molecule has 6 heteroatoms. The zero-order valence-electron chi connectivity index (χ0n) is 15.3. The Balaban J connectivity index is 1.35. The molecule has 0 radical (unpaired) electrons. The van der Waals surface area contributed by atoms with E-state index in [1.165, 1.54) is 0 Å². The van der Waals surface area contributed by atoms with Crippen LogP contribution in [-0.4, -0.2) is 49.5 Å². The lowest BCUT2D eigenvalue weighted by Gasteiger charge is -2.15. The molecule has 1 aliphatic heterocycles. The van der Waals surface area contributed by atoms with Crippen molar-refractivity contribution < 1.29 is 14.3 Å². The third-order valence-corrected chi connectivity index (χ3v) is 4.41. The highest BCUT2D eigenvalue weighted by Gasteiger charge is 2.19. The van der Waals surface area contributed by atoms with Crippen molar-refractivity contribution in [3.8, 4) is 5.75 Å². The summed E-state index contributed by atoms with van der Waals surface area (Å²) >= 11 is 0. The third kappa shape index (κ3) is 5.74. The Morgan fingerprint density at radius 2 is 1.67 bits per heavy atom. The van der Waals surface area contributed by atoms with Crippen LogP contribution in [0.2, 0.25) is 0 Å². The van der Waals surface area contributed by atoms with Crippen molar-refractivity contribution in [2.75, 3.05) is 38.1 Å². The molecule has 0 unspecified atom stereocenters. The highest BCUT2D eigenvalue weighted by molar-refractivity contribution is 5.94. The van der Waals surface area contributed by atoms with E-state index in [9.17, 15) is 9.59 Å². The average Bonchev–Trinajstić information content (AvgIpc) is 3.25. The van der Waals surface area contributed by atoms with Gasteiger partial charge in [-0.25, -0.2) is 0 Å².